The first-order valence-electron chi connectivity index (χ1n) is 4.41. The minimum Gasteiger partial charge on any atom is -0.328 e. The van der Waals surface area contributed by atoms with Gasteiger partial charge < -0.3 is 4.90 Å². The van der Waals surface area contributed by atoms with Crippen LogP contribution in [0.2, 0.25) is 5.28 Å². The molecule has 0 spiro atoms. The summed E-state index contributed by atoms with van der Waals surface area (Å²) in [6, 6.07) is 9.85. The number of nitrogens with zero attached hydrogens (tertiary/aromatic N) is 4. The van der Waals surface area contributed by atoms with Crippen molar-refractivity contribution in [2.24, 2.45) is 0 Å². The van der Waals surface area contributed by atoms with Gasteiger partial charge in [-0.25, -0.2) is 0 Å². The summed E-state index contributed by atoms with van der Waals surface area (Å²) in [5, 5.41) is 7.49. The van der Waals surface area contributed by atoms with Crippen LogP contribution in [-0.4, -0.2) is 22.2 Å². The molecule has 0 aliphatic carbocycles. The van der Waals surface area contributed by atoms with E-state index in [1.807, 2.05) is 42.3 Å². The zero-order valence-electron chi connectivity index (χ0n) is 8.13. The standard InChI is InChI=1S/C10H9ClN4/c1-15(8-5-3-2-4-6-8)9-7-12-14-10(11)13-9/h2-7H,1H3. The normalized spacial score (nSPS) is 10.0. The predicted molar refractivity (Wildman–Crippen MR) is 59.3 cm³/mol. The molecular formula is C10H9ClN4. The lowest BCUT2D eigenvalue weighted by Crippen LogP contribution is -2.11. The van der Waals surface area contributed by atoms with Gasteiger partial charge in [-0.1, -0.05) is 18.2 Å². The number of para-hydroxylation sites is 1. The molecule has 1 heterocycles. The Morgan fingerprint density at radius 1 is 1.20 bits per heavy atom. The van der Waals surface area contributed by atoms with E-state index >= 15 is 0 Å². The second-order valence-electron chi connectivity index (χ2n) is 2.98. The van der Waals surface area contributed by atoms with Gasteiger partial charge in [-0.15, -0.1) is 5.10 Å². The highest BCUT2D eigenvalue weighted by atomic mass is 35.5. The van der Waals surface area contributed by atoms with E-state index in [2.05, 4.69) is 15.2 Å². The van der Waals surface area contributed by atoms with Crippen LogP contribution in [0.4, 0.5) is 11.5 Å². The number of rotatable bonds is 2. The van der Waals surface area contributed by atoms with Crippen LogP contribution < -0.4 is 4.90 Å². The van der Waals surface area contributed by atoms with Gasteiger partial charge in [-0.2, -0.15) is 10.1 Å². The number of hydrogen-bond donors (Lipinski definition) is 0. The Morgan fingerprint density at radius 2 is 1.93 bits per heavy atom. The van der Waals surface area contributed by atoms with Crippen LogP contribution in [0.1, 0.15) is 0 Å². The summed E-state index contributed by atoms with van der Waals surface area (Å²) in [6.07, 6.45) is 1.57. The highest BCUT2D eigenvalue weighted by molar-refractivity contribution is 6.28. The third kappa shape index (κ3) is 2.22. The van der Waals surface area contributed by atoms with Gasteiger partial charge in [0.1, 0.15) is 0 Å². The van der Waals surface area contributed by atoms with E-state index in [4.69, 9.17) is 11.6 Å². The van der Waals surface area contributed by atoms with Gasteiger partial charge in [0.05, 0.1) is 6.20 Å². The molecule has 15 heavy (non-hydrogen) atoms. The maximum absolute atomic E-state index is 5.66. The molecule has 0 saturated heterocycles. The highest BCUT2D eigenvalue weighted by Gasteiger charge is 2.05. The molecule has 0 unspecified atom stereocenters. The van der Waals surface area contributed by atoms with Crippen LogP contribution in [0.15, 0.2) is 36.5 Å². The second-order valence-corrected chi connectivity index (χ2v) is 3.32. The van der Waals surface area contributed by atoms with Crippen LogP contribution >= 0.6 is 11.6 Å². The van der Waals surface area contributed by atoms with Crippen LogP contribution in [0.5, 0.6) is 0 Å². The van der Waals surface area contributed by atoms with Crippen molar-refractivity contribution in [2.75, 3.05) is 11.9 Å². The lowest BCUT2D eigenvalue weighted by atomic mass is 10.3. The molecule has 4 nitrogen and oxygen atoms in total. The molecule has 0 N–H and O–H groups in total. The topological polar surface area (TPSA) is 41.9 Å². The van der Waals surface area contributed by atoms with Crippen LogP contribution in [0.25, 0.3) is 0 Å². The summed E-state index contributed by atoms with van der Waals surface area (Å²) >= 11 is 5.66. The van der Waals surface area contributed by atoms with Crippen molar-refractivity contribution in [1.29, 1.82) is 0 Å². The number of aromatic nitrogens is 3. The molecule has 0 fully saturated rings. The average molecular weight is 221 g/mol. The molecule has 0 aliphatic heterocycles. The fourth-order valence-corrected chi connectivity index (χ4v) is 1.35. The van der Waals surface area contributed by atoms with Crippen LogP contribution in [0, 0.1) is 0 Å². The van der Waals surface area contributed by atoms with Crippen molar-refractivity contribution in [3.8, 4) is 0 Å². The molecular weight excluding hydrogens is 212 g/mol. The zero-order chi connectivity index (χ0) is 10.7. The third-order valence-electron chi connectivity index (χ3n) is 2.01. The van der Waals surface area contributed by atoms with E-state index in [0.29, 0.717) is 5.82 Å². The van der Waals surface area contributed by atoms with E-state index in [0.717, 1.165) is 5.69 Å². The van der Waals surface area contributed by atoms with Gasteiger partial charge in [0.25, 0.3) is 0 Å². The molecule has 0 saturated carbocycles. The zero-order valence-corrected chi connectivity index (χ0v) is 8.89. The minimum atomic E-state index is 0.148. The van der Waals surface area contributed by atoms with Gasteiger partial charge >= 0.3 is 0 Å². The Balaban J connectivity index is 2.32. The van der Waals surface area contributed by atoms with Crippen molar-refractivity contribution in [3.63, 3.8) is 0 Å². The van der Waals surface area contributed by atoms with Crippen LogP contribution in [0.3, 0.4) is 0 Å². The lowest BCUT2D eigenvalue weighted by molar-refractivity contribution is 0.949. The first kappa shape index (κ1) is 9.86. The molecule has 2 rings (SSSR count). The Bertz CT molecular complexity index is 446. The van der Waals surface area contributed by atoms with E-state index in [-0.39, 0.29) is 5.28 Å². The van der Waals surface area contributed by atoms with E-state index in [1.54, 1.807) is 6.20 Å². The number of benzene rings is 1. The smallest absolute Gasteiger partial charge is 0.244 e. The second kappa shape index (κ2) is 4.23. The molecule has 1 aromatic carbocycles. The average Bonchev–Trinajstić information content (AvgIpc) is 2.29. The molecule has 0 atom stereocenters. The maximum Gasteiger partial charge on any atom is 0.244 e. The summed E-state index contributed by atoms with van der Waals surface area (Å²) in [4.78, 5) is 5.96. The summed E-state index contributed by atoms with van der Waals surface area (Å²) in [5.41, 5.74) is 1.02. The van der Waals surface area contributed by atoms with Crippen molar-refractivity contribution in [3.05, 3.63) is 41.8 Å². The number of hydrogen-bond acceptors (Lipinski definition) is 4. The maximum atomic E-state index is 5.66. The first-order chi connectivity index (χ1) is 7.27. The summed E-state index contributed by atoms with van der Waals surface area (Å²) in [7, 11) is 1.90. The van der Waals surface area contributed by atoms with Crippen LogP contribution in [-0.2, 0) is 0 Å². The monoisotopic (exact) mass is 220 g/mol. The van der Waals surface area contributed by atoms with Gasteiger partial charge in [-0.3, -0.25) is 0 Å². The van der Waals surface area contributed by atoms with E-state index < -0.39 is 0 Å². The molecule has 2 aromatic rings. The van der Waals surface area contributed by atoms with Gasteiger partial charge in [-0.05, 0) is 23.7 Å². The number of halogens is 1. The Labute approximate surface area is 92.5 Å². The highest BCUT2D eigenvalue weighted by Crippen LogP contribution is 2.20. The Morgan fingerprint density at radius 3 is 2.60 bits per heavy atom. The molecule has 0 aliphatic rings. The number of anilines is 2. The van der Waals surface area contributed by atoms with Gasteiger partial charge in [0.15, 0.2) is 5.82 Å². The Hall–Kier alpha value is -1.68. The Kier molecular flexibility index (Phi) is 2.78. The molecule has 1 aromatic heterocycles. The minimum absolute atomic E-state index is 0.148. The molecule has 0 bridgehead atoms. The largest absolute Gasteiger partial charge is 0.328 e. The van der Waals surface area contributed by atoms with E-state index in [9.17, 15) is 0 Å². The molecule has 0 amide bonds. The van der Waals surface area contributed by atoms with Crippen molar-refractivity contribution in [2.45, 2.75) is 0 Å². The summed E-state index contributed by atoms with van der Waals surface area (Å²) in [5.74, 6) is 0.668. The van der Waals surface area contributed by atoms with Crippen molar-refractivity contribution >= 4 is 23.1 Å². The van der Waals surface area contributed by atoms with Crippen molar-refractivity contribution < 1.29 is 0 Å². The van der Waals surface area contributed by atoms with Gasteiger partial charge in [0, 0.05) is 12.7 Å². The first-order valence-corrected chi connectivity index (χ1v) is 4.79. The fraction of sp³-hybridized carbons (Fsp3) is 0.100. The predicted octanol–water partition coefficient (Wildman–Crippen LogP) is 2.29. The lowest BCUT2D eigenvalue weighted by Gasteiger charge is -2.17. The van der Waals surface area contributed by atoms with E-state index in [1.165, 1.54) is 0 Å². The SMILES string of the molecule is CN(c1ccccc1)c1cnnc(Cl)n1. The van der Waals surface area contributed by atoms with Gasteiger partial charge in [0.2, 0.25) is 5.28 Å². The quantitative estimate of drug-likeness (QED) is 0.779. The third-order valence-corrected chi connectivity index (χ3v) is 2.17. The molecule has 5 heteroatoms. The summed E-state index contributed by atoms with van der Waals surface area (Å²) in [6.45, 7) is 0. The summed E-state index contributed by atoms with van der Waals surface area (Å²) < 4.78 is 0. The molecule has 76 valence electrons. The van der Waals surface area contributed by atoms with Crippen molar-refractivity contribution in [1.82, 2.24) is 15.2 Å². The fourth-order valence-electron chi connectivity index (χ4n) is 1.22. The molecule has 0 radical (unpaired) electrons.